The summed E-state index contributed by atoms with van der Waals surface area (Å²) in [7, 11) is -3.62. The van der Waals surface area contributed by atoms with Gasteiger partial charge in [0, 0.05) is 28.5 Å². The summed E-state index contributed by atoms with van der Waals surface area (Å²) in [6.07, 6.45) is 1.15. The Labute approximate surface area is 219 Å². The van der Waals surface area contributed by atoms with E-state index in [-0.39, 0.29) is 30.7 Å². The minimum Gasteiger partial charge on any atom is -0.378 e. The third-order valence-electron chi connectivity index (χ3n) is 6.59. The maximum absolute atomic E-state index is 13.1. The largest absolute Gasteiger partial charge is 0.378 e. The van der Waals surface area contributed by atoms with E-state index in [1.165, 1.54) is 11.3 Å². The van der Waals surface area contributed by atoms with Crippen LogP contribution in [0, 0.1) is 0 Å². The SMILES string of the molecule is O=C(C[C@]1(c2ccc(-c3cccc(NC(=O)CNC(=O)N4CCOCC4)c3)s2)CCCCS1(=O)=O)NO. The Hall–Kier alpha value is -3.00. The van der Waals surface area contributed by atoms with Crippen LogP contribution >= 0.6 is 11.3 Å². The van der Waals surface area contributed by atoms with E-state index in [1.807, 2.05) is 6.07 Å². The second-order valence-corrected chi connectivity index (χ2v) is 12.5. The number of rotatable bonds is 7. The van der Waals surface area contributed by atoms with Crippen molar-refractivity contribution in [1.29, 1.82) is 0 Å². The molecule has 4 N–H and O–H groups in total. The molecule has 2 fully saturated rings. The molecule has 1 aromatic heterocycles. The second kappa shape index (κ2) is 11.6. The van der Waals surface area contributed by atoms with Crippen molar-refractivity contribution in [3.8, 4) is 10.4 Å². The lowest BCUT2D eigenvalue weighted by molar-refractivity contribution is -0.130. The first kappa shape index (κ1) is 27.0. The zero-order valence-electron chi connectivity index (χ0n) is 20.2. The van der Waals surface area contributed by atoms with Gasteiger partial charge in [0.1, 0.15) is 4.75 Å². The van der Waals surface area contributed by atoms with Gasteiger partial charge < -0.3 is 20.3 Å². The molecule has 200 valence electrons. The van der Waals surface area contributed by atoms with Gasteiger partial charge in [-0.05, 0) is 42.7 Å². The summed E-state index contributed by atoms with van der Waals surface area (Å²) in [6, 6.07) is 10.3. The molecule has 1 atom stereocenters. The minimum atomic E-state index is -3.62. The number of ether oxygens (including phenoxy) is 1. The normalized spacial score (nSPS) is 21.2. The first-order valence-electron chi connectivity index (χ1n) is 12.0. The van der Waals surface area contributed by atoms with Crippen molar-refractivity contribution >= 4 is 44.7 Å². The Balaban J connectivity index is 1.47. The molecule has 2 aromatic rings. The number of amides is 4. The monoisotopic (exact) mass is 550 g/mol. The first-order chi connectivity index (χ1) is 17.7. The third-order valence-corrected chi connectivity index (χ3v) is 10.6. The van der Waals surface area contributed by atoms with Crippen molar-refractivity contribution in [3.63, 3.8) is 0 Å². The minimum absolute atomic E-state index is 0.0114. The number of carbonyl (C=O) groups is 3. The number of nitrogens with zero attached hydrogens (tertiary/aromatic N) is 1. The predicted molar refractivity (Wildman–Crippen MR) is 138 cm³/mol. The number of thiophene rings is 1. The van der Waals surface area contributed by atoms with Gasteiger partial charge in [0.2, 0.25) is 11.8 Å². The average Bonchev–Trinajstić information content (AvgIpc) is 3.40. The summed E-state index contributed by atoms with van der Waals surface area (Å²) < 4.78 is 30.1. The second-order valence-electron chi connectivity index (χ2n) is 9.03. The summed E-state index contributed by atoms with van der Waals surface area (Å²) in [4.78, 5) is 39.6. The van der Waals surface area contributed by atoms with Crippen LogP contribution in [-0.2, 0) is 28.9 Å². The van der Waals surface area contributed by atoms with Gasteiger partial charge in [-0.1, -0.05) is 18.6 Å². The Bertz CT molecular complexity index is 1260. The van der Waals surface area contributed by atoms with Gasteiger partial charge in [-0.3, -0.25) is 14.8 Å². The topological polar surface area (TPSA) is 154 Å². The summed E-state index contributed by atoms with van der Waals surface area (Å²) in [5, 5.41) is 14.4. The molecule has 2 aliphatic heterocycles. The molecule has 4 amide bonds. The van der Waals surface area contributed by atoms with Crippen LogP contribution in [0.3, 0.4) is 0 Å². The number of benzene rings is 1. The van der Waals surface area contributed by atoms with Crippen LogP contribution in [0.25, 0.3) is 10.4 Å². The number of nitrogens with one attached hydrogen (secondary N) is 3. The lowest BCUT2D eigenvalue weighted by atomic mass is 9.94. The van der Waals surface area contributed by atoms with Crippen LogP contribution in [0.5, 0.6) is 0 Å². The Morgan fingerprint density at radius 1 is 1.08 bits per heavy atom. The maximum Gasteiger partial charge on any atom is 0.317 e. The van der Waals surface area contributed by atoms with E-state index in [2.05, 4.69) is 10.6 Å². The van der Waals surface area contributed by atoms with Crippen molar-refractivity contribution in [3.05, 3.63) is 41.3 Å². The number of carbonyl (C=O) groups excluding carboxylic acids is 3. The number of sulfone groups is 1. The Kier molecular flexibility index (Phi) is 8.47. The number of hydrogen-bond acceptors (Lipinski definition) is 8. The smallest absolute Gasteiger partial charge is 0.317 e. The van der Waals surface area contributed by atoms with Crippen molar-refractivity contribution in [2.45, 2.75) is 30.4 Å². The van der Waals surface area contributed by atoms with E-state index in [0.717, 1.165) is 10.4 Å². The molecule has 0 aliphatic carbocycles. The van der Waals surface area contributed by atoms with Crippen molar-refractivity contribution in [2.24, 2.45) is 0 Å². The molecule has 0 saturated carbocycles. The predicted octanol–water partition coefficient (Wildman–Crippen LogP) is 2.08. The zero-order chi connectivity index (χ0) is 26.5. The maximum atomic E-state index is 13.1. The van der Waals surface area contributed by atoms with E-state index < -0.39 is 20.5 Å². The van der Waals surface area contributed by atoms with Gasteiger partial charge in [-0.2, -0.15) is 0 Å². The standard InChI is InChI=1S/C24H30N4O7S2/c29-21(27-32)15-24(8-1-2-13-37(24,33)34)20-7-6-19(36-20)17-4-3-5-18(14-17)26-22(30)16-25-23(31)28-9-11-35-12-10-28/h3-7,14,32H,1-2,8-13,15-16H2,(H,25,31)(H,26,30)(H,27,29)/t24-/m0/s1. The van der Waals surface area contributed by atoms with Crippen LogP contribution < -0.4 is 16.1 Å². The highest BCUT2D eigenvalue weighted by atomic mass is 32.2. The Morgan fingerprint density at radius 3 is 2.59 bits per heavy atom. The third kappa shape index (κ3) is 6.12. The van der Waals surface area contributed by atoms with Gasteiger partial charge in [-0.25, -0.2) is 18.7 Å². The molecule has 37 heavy (non-hydrogen) atoms. The van der Waals surface area contributed by atoms with Gasteiger partial charge in [0.25, 0.3) is 0 Å². The van der Waals surface area contributed by atoms with Gasteiger partial charge >= 0.3 is 6.03 Å². The molecule has 0 spiro atoms. The van der Waals surface area contributed by atoms with E-state index in [9.17, 15) is 22.8 Å². The number of hydrogen-bond donors (Lipinski definition) is 4. The lowest BCUT2D eigenvalue weighted by Gasteiger charge is -2.35. The van der Waals surface area contributed by atoms with Gasteiger partial charge in [-0.15, -0.1) is 11.3 Å². The fraction of sp³-hybridized carbons (Fsp3) is 0.458. The molecule has 13 heteroatoms. The molecule has 0 bridgehead atoms. The molecule has 2 aliphatic rings. The summed E-state index contributed by atoms with van der Waals surface area (Å²) >= 11 is 1.28. The van der Waals surface area contributed by atoms with Crippen molar-refractivity contribution < 1.29 is 32.7 Å². The van der Waals surface area contributed by atoms with Crippen LogP contribution in [0.4, 0.5) is 10.5 Å². The number of morpholine rings is 1. The van der Waals surface area contributed by atoms with Crippen LogP contribution in [0.15, 0.2) is 36.4 Å². The van der Waals surface area contributed by atoms with Gasteiger partial charge in [0.15, 0.2) is 9.84 Å². The number of anilines is 1. The highest BCUT2D eigenvalue weighted by molar-refractivity contribution is 7.92. The van der Waals surface area contributed by atoms with Gasteiger partial charge in [0.05, 0.1) is 31.9 Å². The van der Waals surface area contributed by atoms with Crippen LogP contribution in [0.2, 0.25) is 0 Å². The average molecular weight is 551 g/mol. The summed E-state index contributed by atoms with van der Waals surface area (Å²) in [6.45, 7) is 1.71. The van der Waals surface area contributed by atoms with Crippen LogP contribution in [0.1, 0.15) is 30.6 Å². The number of hydroxylamine groups is 1. The van der Waals surface area contributed by atoms with E-state index in [1.54, 1.807) is 40.7 Å². The molecule has 0 radical (unpaired) electrons. The Morgan fingerprint density at radius 2 is 1.86 bits per heavy atom. The molecule has 3 heterocycles. The molecular formula is C24H30N4O7S2. The van der Waals surface area contributed by atoms with Crippen molar-refractivity contribution in [2.75, 3.05) is 43.9 Å². The fourth-order valence-corrected chi connectivity index (χ4v) is 8.42. The molecule has 4 rings (SSSR count). The van der Waals surface area contributed by atoms with Crippen molar-refractivity contribution in [1.82, 2.24) is 15.7 Å². The van der Waals surface area contributed by atoms with Crippen LogP contribution in [-0.4, -0.2) is 75.0 Å². The molecule has 11 nitrogen and oxygen atoms in total. The van der Waals surface area contributed by atoms with E-state index in [4.69, 9.17) is 9.94 Å². The quantitative estimate of drug-likeness (QED) is 0.304. The number of urea groups is 1. The fourth-order valence-electron chi connectivity index (χ4n) is 4.64. The highest BCUT2D eigenvalue weighted by Crippen LogP contribution is 2.47. The van der Waals surface area contributed by atoms with E-state index >= 15 is 0 Å². The highest BCUT2D eigenvalue weighted by Gasteiger charge is 2.49. The molecular weight excluding hydrogens is 520 g/mol. The van der Waals surface area contributed by atoms with E-state index in [0.29, 0.717) is 56.1 Å². The molecule has 2 saturated heterocycles. The summed E-state index contributed by atoms with van der Waals surface area (Å²) in [5.74, 6) is -1.14. The summed E-state index contributed by atoms with van der Waals surface area (Å²) in [5.41, 5.74) is 2.86. The molecule has 1 aromatic carbocycles. The lowest BCUT2D eigenvalue weighted by Crippen LogP contribution is -2.47. The zero-order valence-corrected chi connectivity index (χ0v) is 21.8. The molecule has 0 unspecified atom stereocenters. The first-order valence-corrected chi connectivity index (χ1v) is 14.5.